The Morgan fingerprint density at radius 2 is 0.457 bits per heavy atom. The third kappa shape index (κ3) is 14.2. The highest BCUT2D eigenvalue weighted by Crippen LogP contribution is 2.59. The zero-order chi connectivity index (χ0) is 86.0. The third-order valence-electron chi connectivity index (χ3n) is 25.6. The monoisotopic (exact) mass is 1710 g/mol. The Morgan fingerprint density at radius 1 is 0.186 bits per heavy atom. The van der Waals surface area contributed by atoms with Gasteiger partial charge in [0, 0.05) is 100.0 Å². The Hall–Kier alpha value is -16.3. The van der Waals surface area contributed by atoms with Crippen molar-refractivity contribution in [3.8, 4) is 33.6 Å². The third-order valence-corrected chi connectivity index (χ3v) is 26.1. The van der Waals surface area contributed by atoms with E-state index in [4.69, 9.17) is 0 Å². The number of nitrogens with zero attached hydrogens (tertiary/aromatic N) is 5. The van der Waals surface area contributed by atoms with Crippen molar-refractivity contribution >= 4 is 122 Å². The van der Waals surface area contributed by atoms with Crippen LogP contribution in [0.5, 0.6) is 0 Å². The second-order valence-corrected chi connectivity index (χ2v) is 33.7. The van der Waals surface area contributed by atoms with Gasteiger partial charge in [-0.2, -0.15) is 0 Å². The summed E-state index contributed by atoms with van der Waals surface area (Å²) in [5.41, 5.74) is 33.8. The molecule has 2 aromatic heterocycles. The van der Waals surface area contributed by atoms with E-state index in [-0.39, 0.29) is 5.41 Å². The van der Waals surface area contributed by atoms with Crippen molar-refractivity contribution in [2.45, 2.75) is 10.8 Å². The Labute approximate surface area is 760 Å². The summed E-state index contributed by atoms with van der Waals surface area (Å²) in [4.78, 5) is 7.02. The predicted molar refractivity (Wildman–Crippen MR) is 544 cm³/mol. The molecule has 0 aliphatic heterocycles. The van der Waals surface area contributed by atoms with Crippen LogP contribution in [0.1, 0.15) is 44.5 Å². The molecule has 7 heteroatoms. The largest absolute Gasteiger partial charge is 0.356 e. The van der Waals surface area contributed by atoms with Crippen LogP contribution in [0, 0.1) is 0 Å². The smallest absolute Gasteiger partial charge is 0.0714 e. The van der Waals surface area contributed by atoms with Crippen LogP contribution in [0.25, 0.3) is 77.2 Å². The molecule has 0 amide bonds. The van der Waals surface area contributed by atoms with Gasteiger partial charge in [-0.3, -0.25) is 0 Å². The van der Waals surface area contributed by atoms with E-state index >= 15 is 0 Å². The number of nitrogens with one attached hydrogen (secondary N) is 1. The molecule has 129 heavy (non-hydrogen) atoms. The quantitative estimate of drug-likeness (QED) is 0.0985. The van der Waals surface area contributed by atoms with Gasteiger partial charge in [-0.05, 0) is 261 Å². The fraction of sp³-hybridized carbons (Fsp3) is 0.0164. The summed E-state index contributed by atoms with van der Waals surface area (Å²) in [5, 5.41) is 8.53. The summed E-state index contributed by atoms with van der Waals surface area (Å²) in [5.74, 6) is 0. The van der Waals surface area contributed by atoms with Gasteiger partial charge in [0.25, 0.3) is 0 Å². The number of rotatable bonds is 17. The molecule has 24 rings (SSSR count). The first-order valence-electron chi connectivity index (χ1n) is 44.1. The van der Waals surface area contributed by atoms with Crippen molar-refractivity contribution in [2.24, 2.45) is 0 Å². The lowest BCUT2D eigenvalue weighted by molar-refractivity contribution is 0.768. The zero-order valence-electron chi connectivity index (χ0n) is 70.8. The average molecular weight is 1720 g/mol. The molecule has 20 aromatic carbocycles. The van der Waals surface area contributed by atoms with E-state index < -0.39 is 5.41 Å². The number of para-hydroxylation sites is 8. The number of hydrogen-bond acceptors (Lipinski definition) is 4. The van der Waals surface area contributed by atoms with E-state index in [0.29, 0.717) is 0 Å². The van der Waals surface area contributed by atoms with Crippen LogP contribution >= 0.6 is 15.9 Å². The molecular weight excluding hydrogens is 1630 g/mol. The lowest BCUT2D eigenvalue weighted by Crippen LogP contribution is -2.28. The van der Waals surface area contributed by atoms with Gasteiger partial charge in [0.15, 0.2) is 0 Å². The standard InChI is InChI=1S/C61H43N3.C36H27N3.C25H17Br/c1-5-20-44(21-6-1)61(57-33-16-13-30-53(57)54-31-14-17-34-58(54)61)45-22-19-29-51(42-45)63(50-38-36-49(37-39-50)62(46-23-7-2-8-24-46)47-25-9-3-10-26-47)52-40-41-60-56(43-52)55-32-15-18-35-59(55)64(60)48-27-11-4-12-28-48;1-4-12-29(13-5-1)38(30-14-6-2-7-15-30)32-23-20-27(21-24-32)37-28-22-25-36-34(26-28)33-18-10-11-19-35(33)39(36)31-16-8-3-9-17-31;26-20-12-8-11-19(17-20)25(18-9-2-1-3-10-18)23-15-6-4-13-21(23)22-14-5-7-16-24(22)25/h1-43H;1-26,37H;1-17H. The van der Waals surface area contributed by atoms with E-state index in [1.807, 2.05) is 12.1 Å². The van der Waals surface area contributed by atoms with E-state index in [2.05, 4.69) is 555 Å². The van der Waals surface area contributed by atoms with Crippen molar-refractivity contribution in [1.29, 1.82) is 0 Å². The molecule has 0 saturated heterocycles. The molecule has 0 unspecified atom stereocenters. The Morgan fingerprint density at radius 3 is 0.868 bits per heavy atom. The van der Waals surface area contributed by atoms with Crippen LogP contribution in [0.15, 0.2) is 526 Å². The molecular formula is C122H87BrN6. The Balaban J connectivity index is 0.000000127. The van der Waals surface area contributed by atoms with Gasteiger partial charge >= 0.3 is 0 Å². The van der Waals surface area contributed by atoms with Crippen molar-refractivity contribution in [1.82, 2.24) is 9.13 Å². The first-order valence-corrected chi connectivity index (χ1v) is 44.8. The second kappa shape index (κ2) is 34.3. The SMILES string of the molecule is Brc1cccc(C2(c3ccccc3)c3ccccc3-c3ccccc32)c1.c1ccc(N(c2ccccc2)c2ccc(N(c3cccc(C4(c5ccccc5)c5ccccc5-c5ccccc54)c3)c3ccc4c(c3)c3ccccc3n4-c3ccccc3)cc2)cc1.c1ccc(N(c2ccccc2)c2ccc(Nc3ccc4c(c3)c3ccccc3n4-c3ccccc3)cc2)cc1. The highest BCUT2D eigenvalue weighted by Gasteiger charge is 2.48. The molecule has 2 aliphatic rings. The lowest BCUT2D eigenvalue weighted by atomic mass is 9.67. The lowest BCUT2D eigenvalue weighted by Gasteiger charge is -2.35. The highest BCUT2D eigenvalue weighted by atomic mass is 79.9. The number of benzene rings is 20. The van der Waals surface area contributed by atoms with Gasteiger partial charge in [-0.25, -0.2) is 0 Å². The van der Waals surface area contributed by atoms with Crippen molar-refractivity contribution in [3.05, 3.63) is 571 Å². The van der Waals surface area contributed by atoms with Crippen LogP contribution in [0.4, 0.5) is 62.6 Å². The van der Waals surface area contributed by atoms with Crippen molar-refractivity contribution in [2.75, 3.05) is 20.0 Å². The van der Waals surface area contributed by atoms with Crippen LogP contribution in [0.3, 0.4) is 0 Å². The summed E-state index contributed by atoms with van der Waals surface area (Å²) in [6, 6.07) is 188. The highest BCUT2D eigenvalue weighted by molar-refractivity contribution is 9.10. The molecule has 1 N–H and O–H groups in total. The summed E-state index contributed by atoms with van der Waals surface area (Å²) in [7, 11) is 0. The molecule has 0 radical (unpaired) electrons. The first-order chi connectivity index (χ1) is 63.9. The topological polar surface area (TPSA) is 31.6 Å². The fourth-order valence-corrected chi connectivity index (χ4v) is 20.5. The van der Waals surface area contributed by atoms with Crippen LogP contribution in [-0.2, 0) is 10.8 Å². The van der Waals surface area contributed by atoms with Gasteiger partial charge in [0.05, 0.1) is 32.9 Å². The molecule has 22 aromatic rings. The van der Waals surface area contributed by atoms with Crippen LogP contribution in [0.2, 0.25) is 0 Å². The minimum atomic E-state index is -0.529. The fourth-order valence-electron chi connectivity index (χ4n) is 20.1. The minimum Gasteiger partial charge on any atom is -0.356 e. The van der Waals surface area contributed by atoms with E-state index in [1.165, 1.54) is 116 Å². The molecule has 0 bridgehead atoms. The molecule has 0 atom stereocenters. The van der Waals surface area contributed by atoms with Gasteiger partial charge < -0.3 is 29.2 Å². The molecule has 2 aliphatic carbocycles. The molecule has 612 valence electrons. The Bertz CT molecular complexity index is 7590. The van der Waals surface area contributed by atoms with Gasteiger partial charge in [-0.1, -0.05) is 344 Å². The molecule has 0 fully saturated rings. The maximum Gasteiger partial charge on any atom is 0.0714 e. The van der Waals surface area contributed by atoms with E-state index in [9.17, 15) is 0 Å². The van der Waals surface area contributed by atoms with Crippen LogP contribution in [-0.4, -0.2) is 9.13 Å². The number of hydrogen-bond donors (Lipinski definition) is 1. The molecule has 0 spiro atoms. The second-order valence-electron chi connectivity index (χ2n) is 32.8. The number of anilines is 11. The molecule has 2 heterocycles. The summed E-state index contributed by atoms with van der Waals surface area (Å²) < 4.78 is 5.83. The van der Waals surface area contributed by atoms with E-state index in [1.54, 1.807) is 0 Å². The number of fused-ring (bicyclic) bond motifs is 12. The average Bonchev–Trinajstić information content (AvgIpc) is 1.54. The maximum atomic E-state index is 3.69. The normalized spacial score (nSPS) is 12.3. The minimum absolute atomic E-state index is 0.293. The summed E-state index contributed by atoms with van der Waals surface area (Å²) in [6.07, 6.45) is 0. The Kier molecular flexibility index (Phi) is 20.9. The van der Waals surface area contributed by atoms with Gasteiger partial charge in [0.1, 0.15) is 0 Å². The van der Waals surface area contributed by atoms with Crippen molar-refractivity contribution in [3.63, 3.8) is 0 Å². The van der Waals surface area contributed by atoms with Gasteiger partial charge in [0.2, 0.25) is 0 Å². The van der Waals surface area contributed by atoms with E-state index in [0.717, 1.165) is 72.7 Å². The summed E-state index contributed by atoms with van der Waals surface area (Å²) in [6.45, 7) is 0. The number of aromatic nitrogens is 2. The first kappa shape index (κ1) is 78.6. The molecule has 6 nitrogen and oxygen atoms in total. The van der Waals surface area contributed by atoms with Crippen molar-refractivity contribution < 1.29 is 0 Å². The molecule has 0 saturated carbocycles. The summed E-state index contributed by atoms with van der Waals surface area (Å²) >= 11 is 3.69. The van der Waals surface area contributed by atoms with Crippen LogP contribution < -0.4 is 20.0 Å². The zero-order valence-corrected chi connectivity index (χ0v) is 72.4. The number of halogens is 1. The predicted octanol–water partition coefficient (Wildman–Crippen LogP) is 32.9. The maximum absolute atomic E-state index is 3.69. The van der Waals surface area contributed by atoms with Gasteiger partial charge in [-0.15, -0.1) is 0 Å².